The van der Waals surface area contributed by atoms with Crippen molar-refractivity contribution in [2.45, 2.75) is 6.54 Å². The van der Waals surface area contributed by atoms with Gasteiger partial charge in [0.1, 0.15) is 0 Å². The predicted octanol–water partition coefficient (Wildman–Crippen LogP) is 2.98. The van der Waals surface area contributed by atoms with Crippen LogP contribution < -0.4 is 4.72 Å². The third kappa shape index (κ3) is 4.97. The van der Waals surface area contributed by atoms with Gasteiger partial charge in [0, 0.05) is 19.2 Å². The number of hydrogen-bond acceptors (Lipinski definition) is 3. The molecule has 0 bridgehead atoms. The van der Waals surface area contributed by atoms with E-state index in [1.165, 1.54) is 12.1 Å². The first-order chi connectivity index (χ1) is 10.8. The van der Waals surface area contributed by atoms with Gasteiger partial charge in [0.2, 0.25) is 10.0 Å². The number of carbonyl (C=O) groups excluding carboxylic acids is 1. The number of nitrogens with zero attached hydrogens (tertiary/aromatic N) is 1. The van der Waals surface area contributed by atoms with Gasteiger partial charge in [0.05, 0.1) is 17.0 Å². The topological polar surface area (TPSA) is 66.5 Å². The first-order valence-electron chi connectivity index (χ1n) is 6.83. The van der Waals surface area contributed by atoms with E-state index in [2.05, 4.69) is 4.72 Å². The third-order valence-corrected chi connectivity index (χ3v) is 4.02. The van der Waals surface area contributed by atoms with Gasteiger partial charge in [-0.3, -0.25) is 9.52 Å². The Morgan fingerprint density at radius 3 is 2.39 bits per heavy atom. The molecule has 1 amide bonds. The van der Waals surface area contributed by atoms with Gasteiger partial charge in [0.15, 0.2) is 0 Å². The minimum atomic E-state index is -3.42. The van der Waals surface area contributed by atoms with E-state index in [1.54, 1.807) is 18.0 Å². The van der Waals surface area contributed by atoms with E-state index in [9.17, 15) is 13.2 Å². The van der Waals surface area contributed by atoms with Crippen molar-refractivity contribution in [1.29, 1.82) is 0 Å². The van der Waals surface area contributed by atoms with Crippen molar-refractivity contribution in [2.24, 2.45) is 0 Å². The maximum Gasteiger partial charge on any atom is 0.253 e. The lowest BCUT2D eigenvalue weighted by atomic mass is 10.1. The van der Waals surface area contributed by atoms with Crippen molar-refractivity contribution in [3.63, 3.8) is 0 Å². The van der Waals surface area contributed by atoms with Crippen LogP contribution in [0.5, 0.6) is 0 Å². The van der Waals surface area contributed by atoms with Gasteiger partial charge in [-0.25, -0.2) is 8.42 Å². The van der Waals surface area contributed by atoms with Gasteiger partial charge in [0.25, 0.3) is 5.91 Å². The maximum absolute atomic E-state index is 12.4. The molecule has 1 N–H and O–H groups in total. The van der Waals surface area contributed by atoms with Crippen molar-refractivity contribution in [3.8, 4) is 0 Å². The molecule has 0 aliphatic heterocycles. The summed E-state index contributed by atoms with van der Waals surface area (Å²) in [6.07, 6.45) is 1.04. The van der Waals surface area contributed by atoms with Crippen molar-refractivity contribution < 1.29 is 13.2 Å². The highest BCUT2D eigenvalue weighted by Crippen LogP contribution is 2.24. The lowest BCUT2D eigenvalue weighted by Crippen LogP contribution is -2.26. The van der Waals surface area contributed by atoms with Crippen LogP contribution in [0.1, 0.15) is 15.9 Å². The molecule has 23 heavy (non-hydrogen) atoms. The second-order valence-electron chi connectivity index (χ2n) is 5.22. The molecule has 0 saturated carbocycles. The second kappa shape index (κ2) is 7.02. The van der Waals surface area contributed by atoms with E-state index in [0.717, 1.165) is 11.8 Å². The number of amides is 1. The number of benzene rings is 2. The zero-order valence-corrected chi connectivity index (χ0v) is 14.4. The van der Waals surface area contributed by atoms with Crippen LogP contribution >= 0.6 is 11.6 Å². The second-order valence-corrected chi connectivity index (χ2v) is 7.37. The molecule has 0 atom stereocenters. The van der Waals surface area contributed by atoms with Gasteiger partial charge >= 0.3 is 0 Å². The SMILES string of the molecule is CN(Cc1ccccc1)C(=O)c1ccc(NS(C)(=O)=O)c(Cl)c1. The number of halogens is 1. The Kier molecular flexibility index (Phi) is 5.28. The smallest absolute Gasteiger partial charge is 0.253 e. The molecule has 0 radical (unpaired) electrons. The van der Waals surface area contributed by atoms with Crippen molar-refractivity contribution in [1.82, 2.24) is 4.90 Å². The molecule has 5 nitrogen and oxygen atoms in total. The summed E-state index contributed by atoms with van der Waals surface area (Å²) in [6, 6.07) is 14.1. The first kappa shape index (κ1) is 17.3. The van der Waals surface area contributed by atoms with Gasteiger partial charge in [-0.15, -0.1) is 0 Å². The highest BCUT2D eigenvalue weighted by molar-refractivity contribution is 7.92. The molecule has 2 aromatic rings. The van der Waals surface area contributed by atoms with Crippen LogP contribution in [0.2, 0.25) is 5.02 Å². The lowest BCUT2D eigenvalue weighted by Gasteiger charge is -2.18. The number of anilines is 1. The van der Waals surface area contributed by atoms with E-state index < -0.39 is 10.0 Å². The highest BCUT2D eigenvalue weighted by atomic mass is 35.5. The molecule has 0 fully saturated rings. The van der Waals surface area contributed by atoms with Crippen LogP contribution in [-0.2, 0) is 16.6 Å². The molecule has 2 rings (SSSR count). The van der Waals surface area contributed by atoms with Crippen LogP contribution in [0.3, 0.4) is 0 Å². The predicted molar refractivity (Wildman–Crippen MR) is 92.2 cm³/mol. The van der Waals surface area contributed by atoms with E-state index in [0.29, 0.717) is 12.1 Å². The summed E-state index contributed by atoms with van der Waals surface area (Å²) in [5, 5.41) is 0.175. The Hall–Kier alpha value is -2.05. The molecule has 122 valence electrons. The Labute approximate surface area is 140 Å². The number of rotatable bonds is 5. The van der Waals surface area contributed by atoms with Gasteiger partial charge < -0.3 is 4.90 Å². The van der Waals surface area contributed by atoms with Crippen LogP contribution in [0.15, 0.2) is 48.5 Å². The summed E-state index contributed by atoms with van der Waals surface area (Å²) < 4.78 is 24.8. The van der Waals surface area contributed by atoms with Crippen molar-refractivity contribution in [2.75, 3.05) is 18.0 Å². The Morgan fingerprint density at radius 1 is 1.17 bits per heavy atom. The van der Waals surface area contributed by atoms with Gasteiger partial charge in [-0.2, -0.15) is 0 Å². The van der Waals surface area contributed by atoms with Crippen LogP contribution in [0.25, 0.3) is 0 Å². The minimum absolute atomic E-state index is 0.175. The molecule has 0 unspecified atom stereocenters. The standard InChI is InChI=1S/C16H17ClN2O3S/c1-19(11-12-6-4-3-5-7-12)16(20)13-8-9-15(14(17)10-13)18-23(2,21)22/h3-10,18H,11H2,1-2H3. The lowest BCUT2D eigenvalue weighted by molar-refractivity contribution is 0.0785. The summed E-state index contributed by atoms with van der Waals surface area (Å²) in [7, 11) is -1.72. The van der Waals surface area contributed by atoms with E-state index in [-0.39, 0.29) is 16.6 Å². The zero-order valence-electron chi connectivity index (χ0n) is 12.8. The molecule has 2 aromatic carbocycles. The average molecular weight is 353 g/mol. The van der Waals surface area contributed by atoms with Crippen LogP contribution in [0.4, 0.5) is 5.69 Å². The summed E-state index contributed by atoms with van der Waals surface area (Å²) in [6.45, 7) is 0.473. The largest absolute Gasteiger partial charge is 0.337 e. The fourth-order valence-corrected chi connectivity index (χ4v) is 2.94. The minimum Gasteiger partial charge on any atom is -0.337 e. The number of hydrogen-bond donors (Lipinski definition) is 1. The van der Waals surface area contributed by atoms with Crippen molar-refractivity contribution in [3.05, 3.63) is 64.7 Å². The molecular formula is C16H17ClN2O3S. The Balaban J connectivity index is 2.15. The highest BCUT2D eigenvalue weighted by Gasteiger charge is 2.15. The fraction of sp³-hybridized carbons (Fsp3) is 0.188. The summed E-state index contributed by atoms with van der Waals surface area (Å²) in [5.74, 6) is -0.193. The summed E-state index contributed by atoms with van der Waals surface area (Å²) in [4.78, 5) is 14.0. The van der Waals surface area contributed by atoms with Gasteiger partial charge in [-0.05, 0) is 23.8 Å². The summed E-state index contributed by atoms with van der Waals surface area (Å²) >= 11 is 6.05. The van der Waals surface area contributed by atoms with E-state index >= 15 is 0 Å². The molecule has 0 heterocycles. The van der Waals surface area contributed by atoms with Gasteiger partial charge in [-0.1, -0.05) is 41.9 Å². The molecular weight excluding hydrogens is 336 g/mol. The number of nitrogens with one attached hydrogen (secondary N) is 1. The fourth-order valence-electron chi connectivity index (χ4n) is 2.08. The summed E-state index contributed by atoms with van der Waals surface area (Å²) in [5.41, 5.74) is 1.66. The quantitative estimate of drug-likeness (QED) is 0.899. The third-order valence-electron chi connectivity index (χ3n) is 3.12. The molecule has 0 aliphatic rings. The molecule has 0 aliphatic carbocycles. The first-order valence-corrected chi connectivity index (χ1v) is 9.10. The average Bonchev–Trinajstić information content (AvgIpc) is 2.48. The van der Waals surface area contributed by atoms with Crippen LogP contribution in [0, 0.1) is 0 Å². The zero-order chi connectivity index (χ0) is 17.0. The normalized spacial score (nSPS) is 11.1. The maximum atomic E-state index is 12.4. The Morgan fingerprint density at radius 2 is 1.83 bits per heavy atom. The molecule has 0 saturated heterocycles. The van der Waals surface area contributed by atoms with E-state index in [1.807, 2.05) is 30.3 Å². The number of sulfonamides is 1. The molecule has 0 spiro atoms. The molecule has 0 aromatic heterocycles. The van der Waals surface area contributed by atoms with Crippen LogP contribution in [-0.4, -0.2) is 32.5 Å². The molecule has 7 heteroatoms. The Bertz CT molecular complexity index is 807. The van der Waals surface area contributed by atoms with E-state index in [4.69, 9.17) is 11.6 Å². The number of carbonyl (C=O) groups is 1. The monoisotopic (exact) mass is 352 g/mol. The van der Waals surface area contributed by atoms with Crippen molar-refractivity contribution >= 4 is 33.2 Å².